The summed E-state index contributed by atoms with van der Waals surface area (Å²) < 4.78 is 31.3. The Bertz CT molecular complexity index is 604. The Morgan fingerprint density at radius 3 is 2.58 bits per heavy atom. The fraction of sp³-hybridized carbons (Fsp3) is 0.300. The highest BCUT2D eigenvalue weighted by Gasteiger charge is 2.28. The summed E-state index contributed by atoms with van der Waals surface area (Å²) in [7, 11) is -2.73. The lowest BCUT2D eigenvalue weighted by molar-refractivity contribution is -0.136. The van der Waals surface area contributed by atoms with Crippen molar-refractivity contribution in [2.45, 2.75) is 12.2 Å². The summed E-state index contributed by atoms with van der Waals surface area (Å²) in [5.74, 6) is -1.24. The number of rotatable bonds is 5. The molecular formula is C10H11BrClNO5S. The fourth-order valence-corrected chi connectivity index (χ4v) is 3.09. The summed E-state index contributed by atoms with van der Waals surface area (Å²) >= 11 is 8.98. The molecule has 1 rings (SSSR count). The van der Waals surface area contributed by atoms with Crippen molar-refractivity contribution in [3.05, 3.63) is 21.6 Å². The highest BCUT2D eigenvalue weighted by molar-refractivity contribution is 9.10. The maximum atomic E-state index is 11.8. The molecule has 0 aliphatic rings. The maximum absolute atomic E-state index is 11.8. The van der Waals surface area contributed by atoms with Crippen LogP contribution in [0.3, 0.4) is 0 Å². The second kappa shape index (κ2) is 5.98. The fourth-order valence-electron chi connectivity index (χ4n) is 1.22. The second-order valence-corrected chi connectivity index (χ2v) is 6.89. The van der Waals surface area contributed by atoms with Crippen LogP contribution in [0.25, 0.3) is 0 Å². The molecule has 0 aliphatic heterocycles. The third-order valence-electron chi connectivity index (χ3n) is 2.28. The van der Waals surface area contributed by atoms with Crippen molar-refractivity contribution >= 4 is 49.2 Å². The van der Waals surface area contributed by atoms with E-state index in [-0.39, 0.29) is 16.5 Å². The van der Waals surface area contributed by atoms with E-state index in [0.717, 1.165) is 6.92 Å². The highest BCUT2D eigenvalue weighted by atomic mass is 79.9. The molecule has 0 spiro atoms. The van der Waals surface area contributed by atoms with Crippen LogP contribution >= 0.6 is 27.5 Å². The number of methoxy groups -OCH3 is 1. The number of carboxylic acid groups (broad SMARTS) is 1. The molecule has 1 atom stereocenters. The molecule has 2 N–H and O–H groups in total. The van der Waals surface area contributed by atoms with Crippen molar-refractivity contribution in [3.8, 4) is 5.75 Å². The van der Waals surface area contributed by atoms with E-state index < -0.39 is 21.2 Å². The standard InChI is InChI=1S/C10H11BrClNO5S/c1-5(10(14)15)19(16,17)13-8-4-6(12)3-7(11)9(8)18-2/h3-5,13H,1-2H3,(H,14,15). The molecule has 9 heteroatoms. The number of aliphatic carboxylic acids is 1. The molecule has 1 aromatic rings. The van der Waals surface area contributed by atoms with Crippen LogP contribution in [-0.4, -0.2) is 31.9 Å². The number of anilines is 1. The van der Waals surface area contributed by atoms with Gasteiger partial charge < -0.3 is 9.84 Å². The van der Waals surface area contributed by atoms with Crippen molar-refractivity contribution < 1.29 is 23.1 Å². The Kier molecular flexibility index (Phi) is 5.05. The SMILES string of the molecule is COc1c(Br)cc(Cl)cc1NS(=O)(=O)C(C)C(=O)O. The smallest absolute Gasteiger partial charge is 0.323 e. The molecule has 0 saturated carbocycles. The number of hydrogen-bond donors (Lipinski definition) is 2. The van der Waals surface area contributed by atoms with Crippen LogP contribution in [0.4, 0.5) is 5.69 Å². The van der Waals surface area contributed by atoms with Gasteiger partial charge in [-0.25, -0.2) is 8.42 Å². The molecule has 0 bridgehead atoms. The summed E-state index contributed by atoms with van der Waals surface area (Å²) in [6, 6.07) is 2.86. The van der Waals surface area contributed by atoms with Gasteiger partial charge in [-0.1, -0.05) is 11.6 Å². The first-order chi connectivity index (χ1) is 8.69. The first-order valence-corrected chi connectivity index (χ1v) is 7.68. The normalized spacial score (nSPS) is 12.8. The Hall–Kier alpha value is -0.990. The van der Waals surface area contributed by atoms with Crippen molar-refractivity contribution in [3.63, 3.8) is 0 Å². The van der Waals surface area contributed by atoms with Crippen molar-refractivity contribution in [2.24, 2.45) is 0 Å². The minimum Gasteiger partial charge on any atom is -0.493 e. The van der Waals surface area contributed by atoms with Gasteiger partial charge in [0.15, 0.2) is 11.0 Å². The van der Waals surface area contributed by atoms with Crippen LogP contribution in [-0.2, 0) is 14.8 Å². The van der Waals surface area contributed by atoms with E-state index in [1.807, 2.05) is 0 Å². The minimum absolute atomic E-state index is 0.0648. The van der Waals surface area contributed by atoms with Crippen LogP contribution in [0.1, 0.15) is 6.92 Å². The Labute approximate surface area is 123 Å². The number of sulfonamides is 1. The van der Waals surface area contributed by atoms with Gasteiger partial charge in [0.25, 0.3) is 0 Å². The van der Waals surface area contributed by atoms with Crippen molar-refractivity contribution in [2.75, 3.05) is 11.8 Å². The van der Waals surface area contributed by atoms with E-state index in [4.69, 9.17) is 21.4 Å². The molecule has 0 amide bonds. The summed E-state index contributed by atoms with van der Waals surface area (Å²) in [6.45, 7) is 1.07. The zero-order valence-electron chi connectivity index (χ0n) is 9.98. The van der Waals surface area contributed by atoms with Gasteiger partial charge in [-0.15, -0.1) is 0 Å². The average Bonchev–Trinajstić information content (AvgIpc) is 2.26. The van der Waals surface area contributed by atoms with E-state index in [0.29, 0.717) is 4.47 Å². The molecule has 1 aromatic carbocycles. The zero-order valence-corrected chi connectivity index (χ0v) is 13.1. The summed E-state index contributed by atoms with van der Waals surface area (Å²) in [5.41, 5.74) is 0.0648. The molecule has 1 unspecified atom stereocenters. The van der Waals surface area contributed by atoms with E-state index in [1.54, 1.807) is 0 Å². The van der Waals surface area contributed by atoms with Crippen molar-refractivity contribution in [1.82, 2.24) is 0 Å². The Morgan fingerprint density at radius 1 is 1.53 bits per heavy atom. The maximum Gasteiger partial charge on any atom is 0.323 e. The molecule has 0 saturated heterocycles. The number of halogens is 2. The predicted molar refractivity (Wildman–Crippen MR) is 75.3 cm³/mol. The van der Waals surface area contributed by atoms with E-state index in [1.165, 1.54) is 19.2 Å². The molecule has 0 radical (unpaired) electrons. The minimum atomic E-state index is -4.09. The van der Waals surface area contributed by atoms with Crippen LogP contribution in [0.15, 0.2) is 16.6 Å². The largest absolute Gasteiger partial charge is 0.493 e. The van der Waals surface area contributed by atoms with Gasteiger partial charge >= 0.3 is 5.97 Å². The molecule has 0 fully saturated rings. The van der Waals surface area contributed by atoms with Crippen LogP contribution in [0, 0.1) is 0 Å². The summed E-state index contributed by atoms with van der Waals surface area (Å²) in [5, 5.41) is 7.42. The quantitative estimate of drug-likeness (QED) is 0.827. The van der Waals surface area contributed by atoms with Crippen LogP contribution in [0.2, 0.25) is 5.02 Å². The number of hydrogen-bond acceptors (Lipinski definition) is 4. The molecule has 0 heterocycles. The molecular weight excluding hydrogens is 362 g/mol. The van der Waals surface area contributed by atoms with Gasteiger partial charge in [-0.2, -0.15) is 0 Å². The molecule has 6 nitrogen and oxygen atoms in total. The van der Waals surface area contributed by atoms with Gasteiger partial charge in [0.2, 0.25) is 10.0 Å². The summed E-state index contributed by atoms with van der Waals surface area (Å²) in [6.07, 6.45) is 0. The Balaban J connectivity index is 3.23. The average molecular weight is 373 g/mol. The van der Waals surface area contributed by atoms with Crippen LogP contribution < -0.4 is 9.46 Å². The number of carbonyl (C=O) groups is 1. The molecule has 106 valence electrons. The highest BCUT2D eigenvalue weighted by Crippen LogP contribution is 2.37. The molecule has 0 aliphatic carbocycles. The molecule has 19 heavy (non-hydrogen) atoms. The monoisotopic (exact) mass is 371 g/mol. The first kappa shape index (κ1) is 16.1. The summed E-state index contributed by atoms with van der Waals surface area (Å²) in [4.78, 5) is 10.7. The molecule has 0 aromatic heterocycles. The zero-order chi connectivity index (χ0) is 14.8. The van der Waals surface area contributed by atoms with E-state index in [2.05, 4.69) is 20.7 Å². The number of ether oxygens (including phenoxy) is 1. The Morgan fingerprint density at radius 2 is 2.11 bits per heavy atom. The number of carboxylic acids is 1. The third-order valence-corrected chi connectivity index (χ3v) is 4.72. The van der Waals surface area contributed by atoms with E-state index >= 15 is 0 Å². The van der Waals surface area contributed by atoms with Gasteiger partial charge in [0.05, 0.1) is 17.3 Å². The van der Waals surface area contributed by atoms with Crippen LogP contribution in [0.5, 0.6) is 5.75 Å². The predicted octanol–water partition coefficient (Wildman–Crippen LogP) is 2.33. The lowest BCUT2D eigenvalue weighted by Gasteiger charge is -2.15. The van der Waals surface area contributed by atoms with Gasteiger partial charge in [-0.05, 0) is 35.0 Å². The topological polar surface area (TPSA) is 92.7 Å². The lowest BCUT2D eigenvalue weighted by Crippen LogP contribution is -2.32. The van der Waals surface area contributed by atoms with Crippen molar-refractivity contribution in [1.29, 1.82) is 0 Å². The number of nitrogens with one attached hydrogen (secondary N) is 1. The second-order valence-electron chi connectivity index (χ2n) is 3.60. The first-order valence-electron chi connectivity index (χ1n) is 4.96. The van der Waals surface area contributed by atoms with E-state index in [9.17, 15) is 13.2 Å². The van der Waals surface area contributed by atoms with Gasteiger partial charge in [0.1, 0.15) is 0 Å². The third kappa shape index (κ3) is 3.74. The number of benzene rings is 1. The van der Waals surface area contributed by atoms with Gasteiger partial charge in [0, 0.05) is 5.02 Å². The van der Waals surface area contributed by atoms with Gasteiger partial charge in [-0.3, -0.25) is 9.52 Å². The lowest BCUT2D eigenvalue weighted by atomic mass is 10.3.